The van der Waals surface area contributed by atoms with E-state index in [4.69, 9.17) is 4.74 Å². The monoisotopic (exact) mass is 237 g/mol. The normalized spacial score (nSPS) is 18.1. The van der Waals surface area contributed by atoms with Gasteiger partial charge in [0.25, 0.3) is 0 Å². The minimum absolute atomic E-state index is 0.295. The number of halogens is 1. The first-order valence-electron chi connectivity index (χ1n) is 6.31. The molecular weight excluding hydrogens is 217 g/mol. The summed E-state index contributed by atoms with van der Waals surface area (Å²) in [7, 11) is 1.48. The largest absolute Gasteiger partial charge is 0.494 e. The molecule has 0 bridgehead atoms. The van der Waals surface area contributed by atoms with Crippen molar-refractivity contribution in [1.82, 2.24) is 0 Å². The van der Waals surface area contributed by atoms with Crippen molar-refractivity contribution in [1.29, 1.82) is 0 Å². The highest BCUT2D eigenvalue weighted by atomic mass is 19.1. The molecule has 1 saturated carbocycles. The summed E-state index contributed by atoms with van der Waals surface area (Å²) >= 11 is 0. The van der Waals surface area contributed by atoms with E-state index < -0.39 is 0 Å². The molecule has 1 aromatic carbocycles. The van der Waals surface area contributed by atoms with Crippen LogP contribution in [0.4, 0.5) is 10.1 Å². The van der Waals surface area contributed by atoms with Crippen molar-refractivity contribution >= 4 is 5.69 Å². The number of rotatable bonds is 4. The summed E-state index contributed by atoms with van der Waals surface area (Å²) in [6.07, 6.45) is 5.22. The van der Waals surface area contributed by atoms with Crippen LogP contribution in [-0.4, -0.2) is 13.2 Å². The number of hydrogen-bond donors (Lipinski definition) is 1. The van der Waals surface area contributed by atoms with Crippen LogP contribution < -0.4 is 10.1 Å². The molecule has 1 aliphatic carbocycles. The van der Waals surface area contributed by atoms with Gasteiger partial charge in [0.05, 0.1) is 7.11 Å². The van der Waals surface area contributed by atoms with Gasteiger partial charge < -0.3 is 10.1 Å². The van der Waals surface area contributed by atoms with Gasteiger partial charge in [-0.1, -0.05) is 12.8 Å². The molecule has 1 unspecified atom stereocenters. The zero-order valence-electron chi connectivity index (χ0n) is 10.5. The quantitative estimate of drug-likeness (QED) is 0.859. The predicted molar refractivity (Wildman–Crippen MR) is 68.0 cm³/mol. The first-order valence-corrected chi connectivity index (χ1v) is 6.31. The number of hydrogen-bond acceptors (Lipinski definition) is 2. The van der Waals surface area contributed by atoms with E-state index in [9.17, 15) is 4.39 Å². The third-order valence-electron chi connectivity index (χ3n) is 3.65. The summed E-state index contributed by atoms with van der Waals surface area (Å²) in [5, 5.41) is 3.38. The Bertz CT molecular complexity index is 374. The molecule has 1 aromatic rings. The molecule has 1 N–H and O–H groups in total. The minimum atomic E-state index is -0.309. The third kappa shape index (κ3) is 2.90. The maximum atomic E-state index is 13.5. The number of anilines is 1. The van der Waals surface area contributed by atoms with Crippen LogP contribution in [0.25, 0.3) is 0 Å². The lowest BCUT2D eigenvalue weighted by molar-refractivity contribution is 0.386. The summed E-state index contributed by atoms with van der Waals surface area (Å²) in [4.78, 5) is 0. The number of methoxy groups -OCH3 is 1. The van der Waals surface area contributed by atoms with E-state index in [1.807, 2.05) is 6.07 Å². The average Bonchev–Trinajstić information content (AvgIpc) is 2.82. The molecule has 0 saturated heterocycles. The van der Waals surface area contributed by atoms with Gasteiger partial charge in [0.15, 0.2) is 11.6 Å². The van der Waals surface area contributed by atoms with Gasteiger partial charge in [-0.2, -0.15) is 0 Å². The van der Waals surface area contributed by atoms with E-state index >= 15 is 0 Å². The molecular formula is C14H20FNO. The Kier molecular flexibility index (Phi) is 3.87. The molecule has 0 heterocycles. The highest BCUT2D eigenvalue weighted by Gasteiger charge is 2.21. The number of ether oxygens (including phenoxy) is 1. The van der Waals surface area contributed by atoms with Gasteiger partial charge in [0.1, 0.15) is 0 Å². The number of nitrogens with one attached hydrogen (secondary N) is 1. The summed E-state index contributed by atoms with van der Waals surface area (Å²) in [6.45, 7) is 2.18. The number of benzene rings is 1. The third-order valence-corrected chi connectivity index (χ3v) is 3.65. The van der Waals surface area contributed by atoms with Crippen molar-refractivity contribution in [2.24, 2.45) is 5.92 Å². The highest BCUT2D eigenvalue weighted by molar-refractivity contribution is 5.48. The fourth-order valence-corrected chi connectivity index (χ4v) is 2.59. The lowest BCUT2D eigenvalue weighted by Crippen LogP contribution is -2.23. The Morgan fingerprint density at radius 1 is 1.35 bits per heavy atom. The molecule has 0 amide bonds. The molecule has 2 nitrogen and oxygen atoms in total. The fraction of sp³-hybridized carbons (Fsp3) is 0.571. The second-order valence-corrected chi connectivity index (χ2v) is 4.83. The molecule has 0 spiro atoms. The van der Waals surface area contributed by atoms with Crippen LogP contribution in [-0.2, 0) is 0 Å². The first-order chi connectivity index (χ1) is 8.20. The lowest BCUT2D eigenvalue weighted by Gasteiger charge is -2.21. The van der Waals surface area contributed by atoms with Gasteiger partial charge >= 0.3 is 0 Å². The molecule has 3 heteroatoms. The molecule has 2 rings (SSSR count). The second kappa shape index (κ2) is 5.39. The summed E-state index contributed by atoms with van der Waals surface area (Å²) < 4.78 is 18.4. The van der Waals surface area contributed by atoms with Gasteiger partial charge in [-0.05, 0) is 37.8 Å². The Labute approximate surface area is 102 Å². The van der Waals surface area contributed by atoms with E-state index in [0.717, 1.165) is 11.6 Å². The topological polar surface area (TPSA) is 21.3 Å². The van der Waals surface area contributed by atoms with Crippen molar-refractivity contribution in [3.63, 3.8) is 0 Å². The van der Waals surface area contributed by atoms with Crippen LogP contribution >= 0.6 is 0 Å². The smallest absolute Gasteiger partial charge is 0.167 e. The fourth-order valence-electron chi connectivity index (χ4n) is 2.59. The SMILES string of the molecule is COc1ccc(NC(C)C2CCCC2)cc1F. The summed E-state index contributed by atoms with van der Waals surface area (Å²) in [5.74, 6) is 0.709. The minimum Gasteiger partial charge on any atom is -0.494 e. The van der Waals surface area contributed by atoms with Crippen molar-refractivity contribution in [3.8, 4) is 5.75 Å². The molecule has 1 fully saturated rings. The van der Waals surface area contributed by atoms with Crippen molar-refractivity contribution in [2.45, 2.75) is 38.6 Å². The van der Waals surface area contributed by atoms with Crippen LogP contribution in [0.3, 0.4) is 0 Å². The summed E-state index contributed by atoms with van der Waals surface area (Å²) in [6, 6.07) is 5.45. The van der Waals surface area contributed by atoms with Gasteiger partial charge in [0.2, 0.25) is 0 Å². The molecule has 17 heavy (non-hydrogen) atoms. The first kappa shape index (κ1) is 12.2. The Hall–Kier alpha value is -1.25. The average molecular weight is 237 g/mol. The highest BCUT2D eigenvalue weighted by Crippen LogP contribution is 2.30. The molecule has 0 aromatic heterocycles. The van der Waals surface area contributed by atoms with E-state index in [-0.39, 0.29) is 5.82 Å². The standard InChI is InChI=1S/C14H20FNO/c1-10(11-5-3-4-6-11)16-12-7-8-14(17-2)13(15)9-12/h7-11,16H,3-6H2,1-2H3. The van der Waals surface area contributed by atoms with Crippen LogP contribution in [0.5, 0.6) is 5.75 Å². The van der Waals surface area contributed by atoms with E-state index in [2.05, 4.69) is 12.2 Å². The van der Waals surface area contributed by atoms with Gasteiger partial charge in [-0.3, -0.25) is 0 Å². The van der Waals surface area contributed by atoms with E-state index in [1.165, 1.54) is 38.9 Å². The van der Waals surface area contributed by atoms with Crippen LogP contribution in [0.2, 0.25) is 0 Å². The van der Waals surface area contributed by atoms with Gasteiger partial charge in [-0.25, -0.2) is 4.39 Å². The van der Waals surface area contributed by atoms with Crippen molar-refractivity contribution in [2.75, 3.05) is 12.4 Å². The predicted octanol–water partition coefficient (Wildman–Crippen LogP) is 3.82. The van der Waals surface area contributed by atoms with E-state index in [0.29, 0.717) is 11.8 Å². The zero-order chi connectivity index (χ0) is 12.3. The van der Waals surface area contributed by atoms with Gasteiger partial charge in [0, 0.05) is 17.8 Å². The zero-order valence-corrected chi connectivity index (χ0v) is 10.5. The van der Waals surface area contributed by atoms with Crippen molar-refractivity contribution in [3.05, 3.63) is 24.0 Å². The molecule has 94 valence electrons. The Morgan fingerprint density at radius 2 is 2.06 bits per heavy atom. The molecule has 0 aliphatic heterocycles. The molecule has 1 aliphatic rings. The van der Waals surface area contributed by atoms with Crippen LogP contribution in [0, 0.1) is 11.7 Å². The summed E-state index contributed by atoms with van der Waals surface area (Å²) in [5.41, 5.74) is 0.836. The lowest BCUT2D eigenvalue weighted by atomic mass is 9.99. The Morgan fingerprint density at radius 3 is 2.65 bits per heavy atom. The molecule has 1 atom stereocenters. The van der Waals surface area contributed by atoms with E-state index in [1.54, 1.807) is 6.07 Å². The second-order valence-electron chi connectivity index (χ2n) is 4.83. The molecule has 0 radical (unpaired) electrons. The Balaban J connectivity index is 2.00. The van der Waals surface area contributed by atoms with Gasteiger partial charge in [-0.15, -0.1) is 0 Å². The van der Waals surface area contributed by atoms with Crippen molar-refractivity contribution < 1.29 is 9.13 Å². The van der Waals surface area contributed by atoms with Crippen LogP contribution in [0.15, 0.2) is 18.2 Å². The van der Waals surface area contributed by atoms with Crippen LogP contribution in [0.1, 0.15) is 32.6 Å². The maximum absolute atomic E-state index is 13.5. The maximum Gasteiger partial charge on any atom is 0.167 e.